The SMILES string of the molecule is CC(=O)O[C@@H]1CO[C@@H]2O[C@H]3[C@@H](C(C=O)=C[C@H](O)[C@H]4C5=C(C(C)C)CC[C@@]5(C)CC[C@]43C)[C@@]2(O)C1=O. The van der Waals surface area contributed by atoms with Crippen molar-refractivity contribution in [3.05, 3.63) is 22.8 Å². The lowest BCUT2D eigenvalue weighted by Crippen LogP contribution is -2.62. The van der Waals surface area contributed by atoms with Crippen LogP contribution in [0, 0.1) is 28.6 Å². The predicted molar refractivity (Wildman–Crippen MR) is 124 cm³/mol. The number of ketones is 1. The molecule has 8 nitrogen and oxygen atoms in total. The summed E-state index contributed by atoms with van der Waals surface area (Å²) in [6.07, 6.45) is 1.38. The van der Waals surface area contributed by atoms with Crippen molar-refractivity contribution in [2.45, 2.75) is 90.5 Å². The van der Waals surface area contributed by atoms with E-state index in [1.165, 1.54) is 24.1 Å². The van der Waals surface area contributed by atoms with Crippen molar-refractivity contribution in [3.63, 3.8) is 0 Å². The van der Waals surface area contributed by atoms with Gasteiger partial charge < -0.3 is 24.4 Å². The molecule has 2 heterocycles. The van der Waals surface area contributed by atoms with Gasteiger partial charge in [0.1, 0.15) is 6.29 Å². The zero-order chi connectivity index (χ0) is 25.5. The third kappa shape index (κ3) is 3.29. The first-order chi connectivity index (χ1) is 16.4. The number of aliphatic hydroxyl groups is 2. The first-order valence-corrected chi connectivity index (χ1v) is 12.7. The molecule has 2 aliphatic heterocycles. The van der Waals surface area contributed by atoms with E-state index in [0.29, 0.717) is 18.6 Å². The molecule has 5 aliphatic rings. The Labute approximate surface area is 205 Å². The van der Waals surface area contributed by atoms with E-state index >= 15 is 0 Å². The number of fused-ring (bicyclic) bond motifs is 7. The van der Waals surface area contributed by atoms with Crippen LogP contribution in [-0.2, 0) is 28.6 Å². The van der Waals surface area contributed by atoms with Crippen molar-refractivity contribution in [2.75, 3.05) is 6.61 Å². The number of allylic oxidation sites excluding steroid dienone is 1. The first-order valence-electron chi connectivity index (χ1n) is 12.7. The summed E-state index contributed by atoms with van der Waals surface area (Å²) < 4.78 is 17.2. The van der Waals surface area contributed by atoms with Gasteiger partial charge in [0.05, 0.1) is 24.7 Å². The van der Waals surface area contributed by atoms with Gasteiger partial charge in [-0.2, -0.15) is 0 Å². The van der Waals surface area contributed by atoms with Gasteiger partial charge in [0.25, 0.3) is 0 Å². The Hall–Kier alpha value is -1.87. The molecule has 0 unspecified atom stereocenters. The molecule has 0 aromatic heterocycles. The molecule has 9 atom stereocenters. The van der Waals surface area contributed by atoms with Gasteiger partial charge in [-0.05, 0) is 48.7 Å². The standard InChI is InChI=1S/C27H36O8/c1-13(2)16-6-7-25(4)8-9-26(5)21(20(16)25)17(30)10-15(11-28)19-23(26)35-24-27(19,32)22(31)18(12-33-24)34-14(3)29/h10-11,13,17-19,21,23-24,30,32H,6-9,12H2,1-5H3/t17-,18+,19+,21-,23-,24+,25-,26+,27+/m0/s1. The minimum atomic E-state index is -2.21. The topological polar surface area (TPSA) is 119 Å². The Kier molecular flexibility index (Phi) is 5.72. The zero-order valence-electron chi connectivity index (χ0n) is 21.1. The van der Waals surface area contributed by atoms with Gasteiger partial charge in [-0.25, -0.2) is 0 Å². The fourth-order valence-corrected chi connectivity index (χ4v) is 7.81. The van der Waals surface area contributed by atoms with E-state index in [1.807, 2.05) is 6.92 Å². The van der Waals surface area contributed by atoms with E-state index in [2.05, 4.69) is 20.8 Å². The molecule has 192 valence electrons. The summed E-state index contributed by atoms with van der Waals surface area (Å²) in [6.45, 7) is 9.59. The average Bonchev–Trinajstić information content (AvgIpc) is 3.27. The molecule has 5 rings (SSSR count). The Bertz CT molecular complexity index is 1030. The van der Waals surface area contributed by atoms with Crippen LogP contribution in [0.15, 0.2) is 22.8 Å². The van der Waals surface area contributed by atoms with Gasteiger partial charge in [-0.3, -0.25) is 14.4 Å². The summed E-state index contributed by atoms with van der Waals surface area (Å²) in [5.74, 6) is -2.45. The quantitative estimate of drug-likeness (QED) is 0.353. The normalized spacial score (nSPS) is 46.9. The molecular formula is C27H36O8. The maximum absolute atomic E-state index is 13.5. The maximum atomic E-state index is 13.5. The number of ether oxygens (including phenoxy) is 3. The number of esters is 1. The number of hydrogen-bond donors (Lipinski definition) is 2. The highest BCUT2D eigenvalue weighted by atomic mass is 16.7. The van der Waals surface area contributed by atoms with Crippen molar-refractivity contribution in [2.24, 2.45) is 28.6 Å². The van der Waals surface area contributed by atoms with Crippen LogP contribution >= 0.6 is 0 Å². The molecule has 8 heteroatoms. The van der Waals surface area contributed by atoms with Gasteiger partial charge in [0, 0.05) is 18.3 Å². The van der Waals surface area contributed by atoms with E-state index < -0.39 is 53.3 Å². The van der Waals surface area contributed by atoms with Crippen LogP contribution in [0.5, 0.6) is 0 Å². The molecule has 35 heavy (non-hydrogen) atoms. The highest BCUT2D eigenvalue weighted by Crippen LogP contribution is 2.66. The molecule has 0 aromatic carbocycles. The fraction of sp³-hybridized carbons (Fsp3) is 0.741. The minimum Gasteiger partial charge on any atom is -0.452 e. The molecule has 0 radical (unpaired) electrons. The number of Topliss-reactive ketones (excluding diaryl/α,β-unsaturated/α-hetero) is 1. The van der Waals surface area contributed by atoms with Crippen LogP contribution in [0.2, 0.25) is 0 Å². The largest absolute Gasteiger partial charge is 0.452 e. The lowest BCUT2D eigenvalue weighted by molar-refractivity contribution is -0.244. The number of carbonyl (C=O) groups is 3. The maximum Gasteiger partial charge on any atom is 0.303 e. The summed E-state index contributed by atoms with van der Waals surface area (Å²) >= 11 is 0. The summed E-state index contributed by atoms with van der Waals surface area (Å²) in [6, 6.07) is 0. The molecule has 3 fully saturated rings. The Morgan fingerprint density at radius 3 is 2.57 bits per heavy atom. The number of aliphatic hydroxyl groups excluding tert-OH is 1. The summed E-state index contributed by atoms with van der Waals surface area (Å²) in [7, 11) is 0. The van der Waals surface area contributed by atoms with E-state index in [4.69, 9.17) is 14.2 Å². The molecule has 0 aromatic rings. The lowest BCUT2D eigenvalue weighted by Gasteiger charge is -2.53. The fourth-order valence-electron chi connectivity index (χ4n) is 7.81. The molecule has 0 bridgehead atoms. The van der Waals surface area contributed by atoms with Crippen LogP contribution in [0.25, 0.3) is 0 Å². The third-order valence-corrected chi connectivity index (χ3v) is 9.53. The summed E-state index contributed by atoms with van der Waals surface area (Å²) in [5.41, 5.74) is -0.216. The van der Waals surface area contributed by atoms with Gasteiger partial charge in [-0.1, -0.05) is 38.8 Å². The second-order valence-corrected chi connectivity index (χ2v) is 11.9. The van der Waals surface area contributed by atoms with Gasteiger partial charge >= 0.3 is 5.97 Å². The summed E-state index contributed by atoms with van der Waals surface area (Å²) in [5, 5.41) is 23.5. The van der Waals surface area contributed by atoms with Crippen molar-refractivity contribution in [3.8, 4) is 0 Å². The van der Waals surface area contributed by atoms with Crippen LogP contribution in [0.1, 0.15) is 60.3 Å². The Morgan fingerprint density at radius 2 is 1.94 bits per heavy atom. The number of rotatable bonds is 3. The van der Waals surface area contributed by atoms with Gasteiger partial charge in [-0.15, -0.1) is 0 Å². The monoisotopic (exact) mass is 488 g/mol. The second kappa shape index (κ2) is 8.07. The molecule has 1 saturated carbocycles. The molecule has 0 amide bonds. The first kappa shape index (κ1) is 24.8. The third-order valence-electron chi connectivity index (χ3n) is 9.53. The smallest absolute Gasteiger partial charge is 0.303 e. The lowest BCUT2D eigenvalue weighted by atomic mass is 9.52. The number of hydrogen-bond acceptors (Lipinski definition) is 8. The van der Waals surface area contributed by atoms with Crippen LogP contribution in [0.3, 0.4) is 0 Å². The number of carbonyl (C=O) groups excluding carboxylic acids is 3. The molecule has 2 saturated heterocycles. The second-order valence-electron chi connectivity index (χ2n) is 11.9. The van der Waals surface area contributed by atoms with Crippen LogP contribution < -0.4 is 0 Å². The van der Waals surface area contributed by atoms with Gasteiger partial charge in [0.2, 0.25) is 5.78 Å². The highest BCUT2D eigenvalue weighted by molar-refractivity contribution is 5.96. The van der Waals surface area contributed by atoms with Crippen molar-refractivity contribution < 1.29 is 38.8 Å². The van der Waals surface area contributed by atoms with Crippen molar-refractivity contribution in [1.82, 2.24) is 0 Å². The molecule has 0 spiro atoms. The van der Waals surface area contributed by atoms with E-state index in [-0.39, 0.29) is 23.5 Å². The van der Waals surface area contributed by atoms with E-state index in [1.54, 1.807) is 0 Å². The Balaban J connectivity index is 1.66. The van der Waals surface area contributed by atoms with Crippen molar-refractivity contribution >= 4 is 18.0 Å². The number of aldehydes is 1. The van der Waals surface area contributed by atoms with E-state index in [0.717, 1.165) is 19.3 Å². The zero-order valence-corrected chi connectivity index (χ0v) is 21.1. The molecule has 3 aliphatic carbocycles. The van der Waals surface area contributed by atoms with Gasteiger partial charge in [0.15, 0.2) is 18.0 Å². The van der Waals surface area contributed by atoms with E-state index in [9.17, 15) is 24.6 Å². The average molecular weight is 489 g/mol. The Morgan fingerprint density at radius 1 is 1.23 bits per heavy atom. The van der Waals surface area contributed by atoms with Crippen LogP contribution in [0.4, 0.5) is 0 Å². The van der Waals surface area contributed by atoms with Crippen molar-refractivity contribution in [1.29, 1.82) is 0 Å². The summed E-state index contributed by atoms with van der Waals surface area (Å²) in [4.78, 5) is 37.4. The minimum absolute atomic E-state index is 0.0468. The molecule has 2 N–H and O–H groups in total. The predicted octanol–water partition coefficient (Wildman–Crippen LogP) is 2.26. The highest BCUT2D eigenvalue weighted by Gasteiger charge is 2.72. The molecular weight excluding hydrogens is 452 g/mol. The van der Waals surface area contributed by atoms with Crippen LogP contribution in [-0.4, -0.2) is 65.1 Å².